The third kappa shape index (κ3) is 20.1. The first-order chi connectivity index (χ1) is 38.0. The minimum Gasteiger partial charge on any atom is -0.508 e. The summed E-state index contributed by atoms with van der Waals surface area (Å²) >= 11 is 0. The van der Waals surface area contributed by atoms with Crippen LogP contribution >= 0.6 is 0 Å². The second-order valence-corrected chi connectivity index (χ2v) is 21.9. The molecule has 80 heavy (non-hydrogen) atoms. The summed E-state index contributed by atoms with van der Waals surface area (Å²) in [7, 11) is 0. The third-order valence-corrected chi connectivity index (χ3v) is 15.3. The van der Waals surface area contributed by atoms with Gasteiger partial charge in [-0.15, -0.1) is 0 Å². The number of phenolic OH excluding ortho intramolecular Hbond substituents is 1. The van der Waals surface area contributed by atoms with E-state index in [1.807, 2.05) is 0 Å². The van der Waals surface area contributed by atoms with E-state index in [0.29, 0.717) is 24.7 Å². The zero-order chi connectivity index (χ0) is 59.2. The molecule has 0 saturated carbocycles. The summed E-state index contributed by atoms with van der Waals surface area (Å²) in [5, 5.41) is 105. The zero-order valence-corrected chi connectivity index (χ0v) is 46.8. The molecule has 454 valence electrons. The van der Waals surface area contributed by atoms with Crippen LogP contribution in [0.2, 0.25) is 0 Å². The summed E-state index contributed by atoms with van der Waals surface area (Å²) in [6.45, 7) is 7.04. The molecule has 4 rings (SSSR count). The van der Waals surface area contributed by atoms with Crippen molar-refractivity contribution >= 4 is 41.4 Å². The van der Waals surface area contributed by atoms with Gasteiger partial charge in [-0.3, -0.25) is 38.9 Å². The number of carbonyl (C=O) groups excluding carboxylic acids is 7. The predicted molar refractivity (Wildman–Crippen MR) is 291 cm³/mol. The Kier molecular flexibility index (Phi) is 28.4. The number of fused-ring (bicyclic) bond motifs is 2. The van der Waals surface area contributed by atoms with Gasteiger partial charge in [-0.1, -0.05) is 77.8 Å². The van der Waals surface area contributed by atoms with Crippen molar-refractivity contribution in [2.24, 2.45) is 23.3 Å². The Hall–Kier alpha value is -5.13. The first-order valence-corrected chi connectivity index (χ1v) is 28.4. The number of aromatic hydroxyl groups is 1. The fourth-order valence-corrected chi connectivity index (χ4v) is 10.5. The minimum atomic E-state index is -2.29. The van der Waals surface area contributed by atoms with Crippen molar-refractivity contribution in [1.82, 2.24) is 41.7 Å². The number of nitrogens with zero attached hydrogens (tertiary/aromatic N) is 2. The highest BCUT2D eigenvalue weighted by molar-refractivity contribution is 5.98. The van der Waals surface area contributed by atoms with Gasteiger partial charge in [-0.05, 0) is 68.7 Å². The van der Waals surface area contributed by atoms with Crippen LogP contribution in [-0.4, -0.2) is 217 Å². The van der Waals surface area contributed by atoms with Crippen LogP contribution in [0.3, 0.4) is 0 Å². The molecular weight excluding hydrogens is 1040 g/mol. The molecule has 3 saturated heterocycles. The van der Waals surface area contributed by atoms with Crippen molar-refractivity contribution in [2.45, 2.75) is 203 Å². The van der Waals surface area contributed by atoms with E-state index >= 15 is 0 Å². The van der Waals surface area contributed by atoms with E-state index in [9.17, 15) is 74.4 Å². The van der Waals surface area contributed by atoms with E-state index in [1.165, 1.54) is 30.7 Å². The lowest BCUT2D eigenvalue weighted by Gasteiger charge is -2.35. The Morgan fingerprint density at radius 1 is 0.725 bits per heavy atom. The van der Waals surface area contributed by atoms with Crippen LogP contribution in [0.25, 0.3) is 0 Å². The first kappa shape index (κ1) is 67.4. The molecule has 7 amide bonds. The number of unbranched alkanes of at least 4 members (excludes halogenated alkanes) is 5. The summed E-state index contributed by atoms with van der Waals surface area (Å²) in [6, 6.07) is -6.47. The average Bonchev–Trinajstić information content (AvgIpc) is 4.12. The van der Waals surface area contributed by atoms with Crippen molar-refractivity contribution in [3.63, 3.8) is 0 Å². The Labute approximate surface area is 468 Å². The molecule has 1 aromatic rings. The third-order valence-electron chi connectivity index (χ3n) is 15.3. The van der Waals surface area contributed by atoms with Gasteiger partial charge in [0.2, 0.25) is 41.4 Å². The summed E-state index contributed by atoms with van der Waals surface area (Å²) in [6.07, 6.45) is -7.15. The molecule has 0 aliphatic carbocycles. The first-order valence-electron chi connectivity index (χ1n) is 28.4. The zero-order valence-electron chi connectivity index (χ0n) is 46.8. The van der Waals surface area contributed by atoms with Crippen molar-refractivity contribution in [1.29, 1.82) is 0 Å². The fraction of sp³-hybridized carbons (Fsp3) is 0.759. The lowest BCUT2D eigenvalue weighted by molar-refractivity contribution is -0.148. The number of phenols is 1. The Bertz CT molecular complexity index is 2130. The Morgan fingerprint density at radius 2 is 1.36 bits per heavy atom. The molecule has 3 heterocycles. The molecule has 26 nitrogen and oxygen atoms in total. The number of ether oxygens (including phenoxy) is 1. The summed E-state index contributed by atoms with van der Waals surface area (Å²) < 4.78 is 5.48. The van der Waals surface area contributed by atoms with Gasteiger partial charge in [0.05, 0.1) is 43.7 Å². The minimum absolute atomic E-state index is 0.00520. The van der Waals surface area contributed by atoms with Gasteiger partial charge in [0.1, 0.15) is 60.4 Å². The van der Waals surface area contributed by atoms with Gasteiger partial charge < -0.3 is 93.4 Å². The van der Waals surface area contributed by atoms with Crippen molar-refractivity contribution in [2.75, 3.05) is 45.9 Å². The molecule has 0 bridgehead atoms. The number of amides is 7. The molecule has 3 aliphatic rings. The molecule has 3 fully saturated rings. The van der Waals surface area contributed by atoms with Crippen LogP contribution in [0.1, 0.15) is 129 Å². The maximum atomic E-state index is 14.7. The summed E-state index contributed by atoms with van der Waals surface area (Å²) in [5.74, 6) is -6.49. The molecule has 1 aromatic carbocycles. The topological polar surface area (TPSA) is 421 Å². The van der Waals surface area contributed by atoms with Gasteiger partial charge >= 0.3 is 0 Å². The monoisotopic (exact) mass is 1140 g/mol. The highest BCUT2D eigenvalue weighted by atomic mass is 16.5. The second kappa shape index (κ2) is 33.7. The SMILES string of the molecule is CCC(C)CC(C)CCCCCCCCC(=O)NC1CC(O)C(NCCOCCN)NC(=O)C2[C@@H](O)CCN2C(=O)C([C@H](O)CCN)NC(=O)C([C@H](O)[C@@H](O)c2ccc(O)cc2)NC(=O)C2C[C@@H](O)CN2C(=O)C([C@@H](C)O)NC1=O. The van der Waals surface area contributed by atoms with Gasteiger partial charge in [-0.25, -0.2) is 0 Å². The highest BCUT2D eigenvalue weighted by Gasteiger charge is 2.49. The molecule has 16 atom stereocenters. The molecule has 18 N–H and O–H groups in total. The molecule has 0 radical (unpaired) electrons. The quantitative estimate of drug-likeness (QED) is 0.0404. The molecular formula is C54H92N10O16. The molecule has 0 spiro atoms. The fourth-order valence-electron chi connectivity index (χ4n) is 10.5. The van der Waals surface area contributed by atoms with Crippen LogP contribution in [0, 0.1) is 11.8 Å². The van der Waals surface area contributed by atoms with E-state index in [-0.39, 0.29) is 70.0 Å². The largest absolute Gasteiger partial charge is 0.508 e. The number of nitrogens with one attached hydrogen (secondary N) is 6. The molecule has 3 aliphatic heterocycles. The Balaban J connectivity index is 1.75. The van der Waals surface area contributed by atoms with E-state index in [4.69, 9.17) is 16.2 Å². The number of aliphatic hydroxyl groups is 7. The van der Waals surface area contributed by atoms with E-state index in [1.54, 1.807) is 0 Å². The Morgan fingerprint density at radius 3 is 2.01 bits per heavy atom. The predicted octanol–water partition coefficient (Wildman–Crippen LogP) is -3.30. The molecule has 0 aromatic heterocycles. The average molecular weight is 1140 g/mol. The van der Waals surface area contributed by atoms with Gasteiger partial charge in [-0.2, -0.15) is 0 Å². The maximum Gasteiger partial charge on any atom is 0.248 e. The smallest absolute Gasteiger partial charge is 0.248 e. The lowest BCUT2D eigenvalue weighted by atomic mass is 9.91. The van der Waals surface area contributed by atoms with Crippen LogP contribution < -0.4 is 43.4 Å². The molecule has 26 heteroatoms. The number of carbonyl (C=O) groups is 7. The summed E-state index contributed by atoms with van der Waals surface area (Å²) in [4.78, 5) is 103. The number of nitrogens with two attached hydrogens (primary N) is 2. The number of benzene rings is 1. The van der Waals surface area contributed by atoms with Crippen LogP contribution in [-0.2, 0) is 38.3 Å². The van der Waals surface area contributed by atoms with Gasteiger partial charge in [0.25, 0.3) is 0 Å². The van der Waals surface area contributed by atoms with Gasteiger partial charge in [0.15, 0.2) is 0 Å². The molecule has 10 unspecified atom stereocenters. The summed E-state index contributed by atoms with van der Waals surface area (Å²) in [5.41, 5.74) is 11.3. The second-order valence-electron chi connectivity index (χ2n) is 21.9. The standard InChI is InChI=1S/C54H92N10O16/c1-5-30(2)26-31(3)12-10-8-6-7-9-11-13-41(71)58-36-28-40(70)48(57-22-25-80-24-21-56)62-52(77)45-39(69)19-23-63(45)54(79)43(38(68)18-20-55)60-51(76)44(47(73)46(72)33-14-16-34(66)17-15-33)61-50(75)37-27-35(67)29-64(37)53(78)42(32(4)65)59-49(36)74/h14-17,30-32,35-40,42-48,57,65-70,72-73H,5-13,18-29,55-56H2,1-4H3,(H,58,71)(H,59,74)(H,60,76)(H,61,75)(H,62,77)/t30?,31?,32-,35-,36?,37?,38-,39+,40?,42?,43?,44?,45?,46+,47+,48?/m1/s1. The lowest BCUT2D eigenvalue weighted by Crippen LogP contribution is -2.65. The number of hydrogen-bond acceptors (Lipinski definition) is 19. The number of hydrogen-bond donors (Lipinski definition) is 16. The number of rotatable bonds is 26. The van der Waals surface area contributed by atoms with E-state index in [2.05, 4.69) is 52.7 Å². The van der Waals surface area contributed by atoms with E-state index in [0.717, 1.165) is 55.2 Å². The number of aliphatic hydroxyl groups excluding tert-OH is 7. The highest BCUT2D eigenvalue weighted by Crippen LogP contribution is 2.27. The van der Waals surface area contributed by atoms with Gasteiger partial charge in [0, 0.05) is 45.4 Å². The van der Waals surface area contributed by atoms with Crippen LogP contribution in [0.15, 0.2) is 24.3 Å². The van der Waals surface area contributed by atoms with E-state index < -0.39 is 146 Å². The van der Waals surface area contributed by atoms with Crippen LogP contribution in [0.4, 0.5) is 0 Å². The van der Waals surface area contributed by atoms with Crippen molar-refractivity contribution < 1.29 is 79.2 Å². The normalized spacial score (nSPS) is 28.0. The maximum absolute atomic E-state index is 14.7. The van der Waals surface area contributed by atoms with Crippen LogP contribution in [0.5, 0.6) is 5.75 Å². The van der Waals surface area contributed by atoms with Crippen molar-refractivity contribution in [3.05, 3.63) is 29.8 Å². The van der Waals surface area contributed by atoms with Crippen molar-refractivity contribution in [3.8, 4) is 5.75 Å².